The third kappa shape index (κ3) is 3.61. The minimum atomic E-state index is -0.138. The van der Waals surface area contributed by atoms with Crippen LogP contribution < -0.4 is 5.43 Å². The molecule has 2 heterocycles. The van der Waals surface area contributed by atoms with E-state index >= 15 is 0 Å². The summed E-state index contributed by atoms with van der Waals surface area (Å²) in [6.45, 7) is 8.78. The Balaban J connectivity index is 1.67. The molecular formula is C19H24N2O2S. The van der Waals surface area contributed by atoms with Crippen LogP contribution in [0.1, 0.15) is 59.5 Å². The van der Waals surface area contributed by atoms with Gasteiger partial charge in [-0.05, 0) is 55.2 Å². The molecule has 0 spiro atoms. The van der Waals surface area contributed by atoms with Crippen LogP contribution in [0.25, 0.3) is 0 Å². The van der Waals surface area contributed by atoms with Crippen molar-refractivity contribution in [1.82, 2.24) is 5.43 Å². The van der Waals surface area contributed by atoms with Crippen molar-refractivity contribution in [1.29, 1.82) is 0 Å². The quantitative estimate of drug-likeness (QED) is 0.655. The average Bonchev–Trinajstić information content (AvgIpc) is 3.11. The second kappa shape index (κ2) is 6.55. The molecule has 0 aromatic carbocycles. The van der Waals surface area contributed by atoms with Gasteiger partial charge in [-0.1, -0.05) is 20.8 Å². The molecule has 5 heteroatoms. The lowest BCUT2D eigenvalue weighted by Gasteiger charge is -2.33. The normalized spacial score (nSPS) is 17.9. The maximum Gasteiger partial charge on any atom is 0.272 e. The van der Waals surface area contributed by atoms with Crippen LogP contribution >= 0.6 is 11.3 Å². The van der Waals surface area contributed by atoms with Gasteiger partial charge in [-0.25, -0.2) is 5.43 Å². The van der Waals surface area contributed by atoms with E-state index in [1.807, 2.05) is 24.4 Å². The number of nitrogens with one attached hydrogen (secondary N) is 1. The molecule has 1 N–H and O–H groups in total. The predicted octanol–water partition coefficient (Wildman–Crippen LogP) is 4.56. The third-order valence-electron chi connectivity index (χ3n) is 4.74. The van der Waals surface area contributed by atoms with E-state index in [0.29, 0.717) is 17.1 Å². The number of carbonyl (C=O) groups is 1. The van der Waals surface area contributed by atoms with Crippen molar-refractivity contribution < 1.29 is 9.21 Å². The molecule has 0 radical (unpaired) electrons. The monoisotopic (exact) mass is 344 g/mol. The molecule has 0 fully saturated rings. The van der Waals surface area contributed by atoms with Crippen LogP contribution in [-0.2, 0) is 12.8 Å². The van der Waals surface area contributed by atoms with Gasteiger partial charge in [-0.15, -0.1) is 11.3 Å². The highest BCUT2D eigenvalue weighted by atomic mass is 32.1. The number of hydrazone groups is 1. The topological polar surface area (TPSA) is 54.6 Å². The van der Waals surface area contributed by atoms with Crippen molar-refractivity contribution in [3.8, 4) is 0 Å². The van der Waals surface area contributed by atoms with Gasteiger partial charge < -0.3 is 4.42 Å². The highest BCUT2D eigenvalue weighted by Crippen LogP contribution is 2.40. The van der Waals surface area contributed by atoms with Crippen molar-refractivity contribution in [2.75, 3.05) is 0 Å². The number of nitrogens with zero attached hydrogens (tertiary/aromatic N) is 1. The number of hydrogen-bond acceptors (Lipinski definition) is 4. The van der Waals surface area contributed by atoms with E-state index in [4.69, 9.17) is 4.42 Å². The number of carbonyl (C=O) groups excluding carboxylic acids is 1. The predicted molar refractivity (Wildman–Crippen MR) is 97.8 cm³/mol. The van der Waals surface area contributed by atoms with E-state index in [1.54, 1.807) is 11.3 Å². The number of aryl methyl sites for hydroxylation is 1. The molecule has 0 saturated heterocycles. The van der Waals surface area contributed by atoms with Crippen molar-refractivity contribution >= 4 is 23.5 Å². The third-order valence-corrected chi connectivity index (χ3v) is 5.79. The summed E-state index contributed by atoms with van der Waals surface area (Å²) in [5.74, 6) is 2.00. The van der Waals surface area contributed by atoms with Gasteiger partial charge in [-0.3, -0.25) is 4.79 Å². The summed E-state index contributed by atoms with van der Waals surface area (Å²) in [7, 11) is 0. The van der Waals surface area contributed by atoms with Crippen LogP contribution in [0.15, 0.2) is 27.0 Å². The van der Waals surface area contributed by atoms with Crippen molar-refractivity contribution in [3.05, 3.63) is 45.0 Å². The lowest BCUT2D eigenvalue weighted by Crippen LogP contribution is -2.27. The summed E-state index contributed by atoms with van der Waals surface area (Å²) in [5, 5.41) is 5.97. The molecular weight excluding hydrogens is 320 g/mol. The highest BCUT2D eigenvalue weighted by molar-refractivity contribution is 7.10. The molecule has 24 heavy (non-hydrogen) atoms. The molecule has 1 amide bonds. The molecule has 4 nitrogen and oxygen atoms in total. The van der Waals surface area contributed by atoms with Gasteiger partial charge >= 0.3 is 0 Å². The van der Waals surface area contributed by atoms with Gasteiger partial charge in [0.25, 0.3) is 5.91 Å². The average molecular weight is 344 g/mol. The highest BCUT2D eigenvalue weighted by Gasteiger charge is 2.31. The van der Waals surface area contributed by atoms with E-state index in [-0.39, 0.29) is 5.91 Å². The SMILES string of the molecule is Cc1ccc(/C=N\NC(=O)c2csc3c2CC[C@@H](C(C)(C)C)C3)o1. The second-order valence-corrected chi connectivity index (χ2v) is 8.47. The fraction of sp³-hybridized carbons (Fsp3) is 0.474. The maximum absolute atomic E-state index is 12.4. The van der Waals surface area contributed by atoms with E-state index < -0.39 is 0 Å². The zero-order valence-corrected chi connectivity index (χ0v) is 15.5. The Morgan fingerprint density at radius 2 is 2.21 bits per heavy atom. The summed E-state index contributed by atoms with van der Waals surface area (Å²) >= 11 is 1.70. The molecule has 3 rings (SSSR count). The Morgan fingerprint density at radius 3 is 2.88 bits per heavy atom. The van der Waals surface area contributed by atoms with Crippen LogP contribution in [0.2, 0.25) is 0 Å². The molecule has 0 unspecified atom stereocenters. The largest absolute Gasteiger partial charge is 0.460 e. The Bertz CT molecular complexity index is 765. The van der Waals surface area contributed by atoms with Crippen LogP contribution in [0, 0.1) is 18.3 Å². The summed E-state index contributed by atoms with van der Waals surface area (Å²) in [6.07, 6.45) is 4.72. The number of furan rings is 1. The fourth-order valence-electron chi connectivity index (χ4n) is 3.18. The van der Waals surface area contributed by atoms with Crippen LogP contribution in [0.3, 0.4) is 0 Å². The van der Waals surface area contributed by atoms with E-state index in [1.165, 1.54) is 16.7 Å². The standard InChI is InChI=1S/C19H24N2O2S/c1-12-5-7-14(23-12)10-20-21-18(22)16-11-24-17-9-13(19(2,3)4)6-8-15(16)17/h5,7,10-11,13H,6,8-9H2,1-4H3,(H,21,22)/b20-10-/t13-/m1/s1. The smallest absolute Gasteiger partial charge is 0.272 e. The molecule has 128 valence electrons. The molecule has 2 aromatic rings. The Morgan fingerprint density at radius 1 is 1.42 bits per heavy atom. The number of hydrogen-bond donors (Lipinski definition) is 1. The number of fused-ring (bicyclic) bond motifs is 1. The molecule has 0 aliphatic heterocycles. The van der Waals surface area contributed by atoms with Gasteiger partial charge in [0.1, 0.15) is 11.5 Å². The fourth-order valence-corrected chi connectivity index (χ4v) is 4.34. The summed E-state index contributed by atoms with van der Waals surface area (Å²) in [5.41, 5.74) is 4.91. The van der Waals surface area contributed by atoms with Gasteiger partial charge in [0, 0.05) is 10.3 Å². The lowest BCUT2D eigenvalue weighted by molar-refractivity contribution is 0.0954. The molecule has 1 atom stereocenters. The maximum atomic E-state index is 12.4. The summed E-state index contributed by atoms with van der Waals surface area (Å²) in [4.78, 5) is 13.8. The van der Waals surface area contributed by atoms with Crippen molar-refractivity contribution in [3.63, 3.8) is 0 Å². The van der Waals surface area contributed by atoms with Gasteiger partial charge in [-0.2, -0.15) is 5.10 Å². The summed E-state index contributed by atoms with van der Waals surface area (Å²) < 4.78 is 5.39. The minimum absolute atomic E-state index is 0.138. The molecule has 0 bridgehead atoms. The first-order chi connectivity index (χ1) is 11.3. The van der Waals surface area contributed by atoms with Gasteiger partial charge in [0.15, 0.2) is 0 Å². The first kappa shape index (κ1) is 17.0. The lowest BCUT2D eigenvalue weighted by atomic mass is 9.72. The first-order valence-electron chi connectivity index (χ1n) is 8.33. The van der Waals surface area contributed by atoms with E-state index in [2.05, 4.69) is 31.3 Å². The van der Waals surface area contributed by atoms with Crippen LogP contribution in [-0.4, -0.2) is 12.1 Å². The van der Waals surface area contributed by atoms with Gasteiger partial charge in [0.2, 0.25) is 0 Å². The Kier molecular flexibility index (Phi) is 4.63. The number of amides is 1. The van der Waals surface area contributed by atoms with Gasteiger partial charge in [0.05, 0.1) is 11.8 Å². The first-order valence-corrected chi connectivity index (χ1v) is 9.21. The second-order valence-electron chi connectivity index (χ2n) is 7.50. The molecule has 1 aliphatic rings. The van der Waals surface area contributed by atoms with Crippen molar-refractivity contribution in [2.45, 2.75) is 47.0 Å². The Hall–Kier alpha value is -1.88. The van der Waals surface area contributed by atoms with E-state index in [9.17, 15) is 4.79 Å². The number of thiophene rings is 1. The molecule has 1 aliphatic carbocycles. The summed E-state index contributed by atoms with van der Waals surface area (Å²) in [6, 6.07) is 3.69. The zero-order chi connectivity index (χ0) is 17.3. The minimum Gasteiger partial charge on any atom is -0.460 e. The van der Waals surface area contributed by atoms with Crippen LogP contribution in [0.4, 0.5) is 0 Å². The zero-order valence-electron chi connectivity index (χ0n) is 14.7. The van der Waals surface area contributed by atoms with Crippen molar-refractivity contribution in [2.24, 2.45) is 16.4 Å². The molecule has 2 aromatic heterocycles. The number of rotatable bonds is 3. The van der Waals surface area contributed by atoms with E-state index in [0.717, 1.165) is 30.6 Å². The van der Waals surface area contributed by atoms with Crippen LogP contribution in [0.5, 0.6) is 0 Å². The Labute approximate surface area is 147 Å². The molecule has 0 saturated carbocycles.